The van der Waals surface area contributed by atoms with Crippen LogP contribution in [0.5, 0.6) is 5.75 Å². The number of ether oxygens (including phenoxy) is 1. The Morgan fingerprint density at radius 1 is 1.24 bits per heavy atom. The van der Waals surface area contributed by atoms with E-state index in [-0.39, 0.29) is 5.91 Å². The van der Waals surface area contributed by atoms with Gasteiger partial charge in [-0.3, -0.25) is 4.79 Å². The van der Waals surface area contributed by atoms with Crippen LogP contribution in [0.25, 0.3) is 0 Å². The summed E-state index contributed by atoms with van der Waals surface area (Å²) in [7, 11) is 4.08. The van der Waals surface area contributed by atoms with Crippen molar-refractivity contribution in [3.05, 3.63) is 24.3 Å². The van der Waals surface area contributed by atoms with Gasteiger partial charge in [-0.2, -0.15) is 0 Å². The first-order valence-corrected chi connectivity index (χ1v) is 7.44. The molecule has 21 heavy (non-hydrogen) atoms. The van der Waals surface area contributed by atoms with Crippen LogP contribution in [0.4, 0.5) is 5.69 Å². The van der Waals surface area contributed by atoms with Gasteiger partial charge >= 0.3 is 0 Å². The minimum atomic E-state index is 0.130. The number of hydrogen-bond acceptors (Lipinski definition) is 4. The van der Waals surface area contributed by atoms with Gasteiger partial charge < -0.3 is 20.3 Å². The molecular weight excluding hydrogens is 266 g/mol. The first-order chi connectivity index (χ1) is 10.0. The molecule has 0 heterocycles. The van der Waals surface area contributed by atoms with Gasteiger partial charge in [0, 0.05) is 13.1 Å². The number of nitrogens with two attached hydrogens (primary N) is 1. The van der Waals surface area contributed by atoms with Crippen molar-refractivity contribution in [2.45, 2.75) is 19.8 Å². The maximum absolute atomic E-state index is 12.1. The normalized spacial score (nSPS) is 10.7. The Bertz CT molecular complexity index is 435. The van der Waals surface area contributed by atoms with E-state index in [1.807, 2.05) is 44.1 Å². The van der Waals surface area contributed by atoms with E-state index in [4.69, 9.17) is 10.5 Å². The highest BCUT2D eigenvalue weighted by Crippen LogP contribution is 2.19. The van der Waals surface area contributed by atoms with Crippen molar-refractivity contribution in [1.82, 2.24) is 9.80 Å². The van der Waals surface area contributed by atoms with Crippen molar-refractivity contribution in [3.8, 4) is 5.75 Å². The van der Waals surface area contributed by atoms with Crippen molar-refractivity contribution >= 4 is 11.6 Å². The van der Waals surface area contributed by atoms with Crippen LogP contribution in [0.15, 0.2) is 24.3 Å². The van der Waals surface area contributed by atoms with Crippen LogP contribution in [-0.2, 0) is 4.79 Å². The van der Waals surface area contributed by atoms with Crippen molar-refractivity contribution in [3.63, 3.8) is 0 Å². The molecule has 2 N–H and O–H groups in total. The van der Waals surface area contributed by atoms with E-state index in [9.17, 15) is 4.79 Å². The first-order valence-electron chi connectivity index (χ1n) is 7.44. The quantitative estimate of drug-likeness (QED) is 0.706. The lowest BCUT2D eigenvalue weighted by Gasteiger charge is -2.22. The Balaban J connectivity index is 2.32. The van der Waals surface area contributed by atoms with E-state index < -0.39 is 0 Å². The van der Waals surface area contributed by atoms with Gasteiger partial charge in [-0.15, -0.1) is 0 Å². The lowest BCUT2D eigenvalue weighted by molar-refractivity contribution is -0.131. The molecule has 0 radical (unpaired) electrons. The molecule has 1 aromatic rings. The largest absolute Gasteiger partial charge is 0.491 e. The number of carbonyl (C=O) groups is 1. The Kier molecular flexibility index (Phi) is 7.61. The predicted molar refractivity (Wildman–Crippen MR) is 86.4 cm³/mol. The van der Waals surface area contributed by atoms with Crippen LogP contribution in [0.1, 0.15) is 19.8 Å². The van der Waals surface area contributed by atoms with Gasteiger partial charge in [0.25, 0.3) is 0 Å². The fourth-order valence-electron chi connectivity index (χ4n) is 2.06. The van der Waals surface area contributed by atoms with Crippen LogP contribution in [0.3, 0.4) is 0 Å². The van der Waals surface area contributed by atoms with E-state index >= 15 is 0 Å². The van der Waals surface area contributed by atoms with E-state index in [0.29, 0.717) is 24.5 Å². The SMILES string of the molecule is CCN(CCCN(C)C)C(=O)CCOc1ccccc1N. The highest BCUT2D eigenvalue weighted by atomic mass is 16.5. The predicted octanol–water partition coefficient (Wildman–Crippen LogP) is 1.84. The summed E-state index contributed by atoms with van der Waals surface area (Å²) in [6, 6.07) is 7.33. The minimum absolute atomic E-state index is 0.130. The molecule has 0 unspecified atom stereocenters. The molecule has 0 spiro atoms. The van der Waals surface area contributed by atoms with Gasteiger partial charge in [0.2, 0.25) is 5.91 Å². The smallest absolute Gasteiger partial charge is 0.225 e. The third-order valence-corrected chi connectivity index (χ3v) is 3.26. The first kappa shape index (κ1) is 17.3. The number of amides is 1. The third kappa shape index (κ3) is 6.49. The summed E-state index contributed by atoms with van der Waals surface area (Å²) in [5, 5.41) is 0. The molecule has 5 heteroatoms. The monoisotopic (exact) mass is 293 g/mol. The zero-order chi connectivity index (χ0) is 15.7. The van der Waals surface area contributed by atoms with Crippen LogP contribution >= 0.6 is 0 Å². The number of benzene rings is 1. The fraction of sp³-hybridized carbons (Fsp3) is 0.562. The van der Waals surface area contributed by atoms with Crippen molar-refractivity contribution in [2.75, 3.05) is 46.1 Å². The molecular formula is C16H27N3O2. The second-order valence-corrected chi connectivity index (χ2v) is 5.27. The number of hydrogen-bond donors (Lipinski definition) is 1. The number of anilines is 1. The maximum Gasteiger partial charge on any atom is 0.225 e. The molecule has 1 rings (SSSR count). The molecule has 0 saturated heterocycles. The summed E-state index contributed by atoms with van der Waals surface area (Å²) in [5.74, 6) is 0.770. The van der Waals surface area contributed by atoms with Gasteiger partial charge in [-0.25, -0.2) is 0 Å². The topological polar surface area (TPSA) is 58.8 Å². The summed E-state index contributed by atoms with van der Waals surface area (Å²) in [4.78, 5) is 16.1. The van der Waals surface area contributed by atoms with Gasteiger partial charge in [0.1, 0.15) is 5.75 Å². The summed E-state index contributed by atoms with van der Waals surface area (Å²) in [6.07, 6.45) is 1.36. The van der Waals surface area contributed by atoms with Crippen LogP contribution in [-0.4, -0.2) is 56.0 Å². The van der Waals surface area contributed by atoms with Crippen LogP contribution in [0, 0.1) is 0 Å². The van der Waals surface area contributed by atoms with Gasteiger partial charge in [-0.1, -0.05) is 12.1 Å². The van der Waals surface area contributed by atoms with E-state index in [0.717, 1.165) is 26.1 Å². The fourth-order valence-corrected chi connectivity index (χ4v) is 2.06. The summed E-state index contributed by atoms with van der Waals surface area (Å²) < 4.78 is 5.56. The Morgan fingerprint density at radius 2 is 1.95 bits per heavy atom. The van der Waals surface area contributed by atoms with Crippen molar-refractivity contribution in [1.29, 1.82) is 0 Å². The Labute approximate surface area is 127 Å². The molecule has 0 aliphatic carbocycles. The number of carbonyl (C=O) groups excluding carboxylic acids is 1. The average molecular weight is 293 g/mol. The molecule has 1 aromatic carbocycles. The van der Waals surface area contributed by atoms with Gasteiger partial charge in [-0.05, 0) is 46.1 Å². The molecule has 5 nitrogen and oxygen atoms in total. The molecule has 0 atom stereocenters. The molecule has 1 amide bonds. The highest BCUT2D eigenvalue weighted by Gasteiger charge is 2.11. The number of nitrogen functional groups attached to an aromatic ring is 1. The molecule has 0 saturated carbocycles. The van der Waals surface area contributed by atoms with E-state index in [2.05, 4.69) is 4.90 Å². The second kappa shape index (κ2) is 9.23. The van der Waals surface area contributed by atoms with Crippen molar-refractivity contribution in [2.24, 2.45) is 0 Å². The van der Waals surface area contributed by atoms with Crippen molar-refractivity contribution < 1.29 is 9.53 Å². The van der Waals surface area contributed by atoms with Gasteiger partial charge in [0.15, 0.2) is 0 Å². The van der Waals surface area contributed by atoms with E-state index in [1.165, 1.54) is 0 Å². The molecule has 118 valence electrons. The molecule has 0 bridgehead atoms. The maximum atomic E-state index is 12.1. The standard InChI is InChI=1S/C16H27N3O2/c1-4-19(12-7-11-18(2)3)16(20)10-13-21-15-9-6-5-8-14(15)17/h5-6,8-9H,4,7,10-13,17H2,1-3H3. The zero-order valence-electron chi connectivity index (χ0n) is 13.3. The Hall–Kier alpha value is -1.75. The molecule has 0 aliphatic heterocycles. The zero-order valence-corrected chi connectivity index (χ0v) is 13.3. The lowest BCUT2D eigenvalue weighted by atomic mass is 10.3. The minimum Gasteiger partial charge on any atom is -0.491 e. The third-order valence-electron chi connectivity index (χ3n) is 3.26. The number of nitrogens with zero attached hydrogens (tertiary/aromatic N) is 2. The summed E-state index contributed by atoms with van der Waals surface area (Å²) >= 11 is 0. The highest BCUT2D eigenvalue weighted by molar-refractivity contribution is 5.76. The molecule has 0 aliphatic rings. The second-order valence-electron chi connectivity index (χ2n) is 5.27. The summed E-state index contributed by atoms with van der Waals surface area (Å²) in [5.41, 5.74) is 6.39. The van der Waals surface area contributed by atoms with Crippen LogP contribution in [0.2, 0.25) is 0 Å². The van der Waals surface area contributed by atoms with Gasteiger partial charge in [0.05, 0.1) is 18.7 Å². The number of para-hydroxylation sites is 2. The van der Waals surface area contributed by atoms with E-state index in [1.54, 1.807) is 6.07 Å². The lowest BCUT2D eigenvalue weighted by Crippen LogP contribution is -2.34. The van der Waals surface area contributed by atoms with Crippen LogP contribution < -0.4 is 10.5 Å². The summed E-state index contributed by atoms with van der Waals surface area (Å²) in [6.45, 7) is 4.88. The molecule has 0 aromatic heterocycles. The number of rotatable bonds is 9. The molecule has 0 fully saturated rings. The average Bonchev–Trinajstić information content (AvgIpc) is 2.45. The Morgan fingerprint density at radius 3 is 2.57 bits per heavy atom.